The number of amides is 1. The summed E-state index contributed by atoms with van der Waals surface area (Å²) in [4.78, 5) is 15.5. The summed E-state index contributed by atoms with van der Waals surface area (Å²) in [5.74, 6) is 1.53. The van der Waals surface area contributed by atoms with Crippen LogP contribution in [0, 0.1) is 3.57 Å². The van der Waals surface area contributed by atoms with Gasteiger partial charge >= 0.3 is 0 Å². The van der Waals surface area contributed by atoms with Crippen molar-refractivity contribution in [2.75, 3.05) is 28.4 Å². The first kappa shape index (κ1) is 24.2. The molecule has 3 aromatic rings. The number of hydrogen-bond acceptors (Lipinski definition) is 6. The number of aliphatic hydroxyl groups excluding tert-OH is 1. The lowest BCUT2D eigenvalue weighted by Crippen LogP contribution is -2.31. The van der Waals surface area contributed by atoms with Gasteiger partial charge in [0.15, 0.2) is 11.5 Å². The Bertz CT molecular complexity index is 1200. The average molecular weight is 575 g/mol. The maximum Gasteiger partial charge on any atom is 0.259 e. The molecule has 0 spiro atoms. The lowest BCUT2D eigenvalue weighted by atomic mass is 9.94. The average Bonchev–Trinajstić information content (AvgIpc) is 3.13. The highest BCUT2D eigenvalue weighted by atomic mass is 127. The van der Waals surface area contributed by atoms with Crippen molar-refractivity contribution in [1.82, 2.24) is 4.90 Å². The molecule has 1 amide bonds. The molecule has 0 radical (unpaired) electrons. The molecule has 34 heavy (non-hydrogen) atoms. The fourth-order valence-electron chi connectivity index (χ4n) is 4.39. The van der Waals surface area contributed by atoms with Gasteiger partial charge in [-0.05, 0) is 63.5 Å². The number of halogens is 1. The van der Waals surface area contributed by atoms with E-state index in [2.05, 4.69) is 22.6 Å². The predicted molar refractivity (Wildman–Crippen MR) is 136 cm³/mol. The van der Waals surface area contributed by atoms with E-state index in [1.54, 1.807) is 18.1 Å². The van der Waals surface area contributed by atoms with Crippen molar-refractivity contribution in [3.63, 3.8) is 0 Å². The first-order chi connectivity index (χ1) is 16.4. The van der Waals surface area contributed by atoms with Crippen molar-refractivity contribution in [3.05, 3.63) is 80.4 Å². The van der Waals surface area contributed by atoms with E-state index < -0.39 is 12.1 Å². The highest BCUT2D eigenvalue weighted by Gasteiger charge is 2.45. The number of aliphatic hydroxyl groups is 1. The Labute approximate surface area is 212 Å². The van der Waals surface area contributed by atoms with E-state index in [0.29, 0.717) is 28.4 Å². The number of methoxy groups -OCH3 is 4. The molecule has 0 aromatic heterocycles. The van der Waals surface area contributed by atoms with E-state index in [1.165, 1.54) is 21.3 Å². The molecule has 8 heteroatoms. The third-order valence-corrected chi connectivity index (χ3v) is 7.01. The number of hydrogen-bond donors (Lipinski definition) is 1. The summed E-state index contributed by atoms with van der Waals surface area (Å²) < 4.78 is 22.8. The minimum Gasteiger partial charge on any atom is -0.497 e. The van der Waals surface area contributed by atoms with Crippen LogP contribution in [0.4, 0.5) is 0 Å². The van der Waals surface area contributed by atoms with E-state index in [0.717, 1.165) is 20.4 Å². The van der Waals surface area contributed by atoms with Crippen LogP contribution in [-0.4, -0.2) is 44.4 Å². The molecule has 2 atom stereocenters. The van der Waals surface area contributed by atoms with Crippen molar-refractivity contribution in [2.24, 2.45) is 0 Å². The van der Waals surface area contributed by atoms with Crippen LogP contribution in [0.1, 0.15) is 39.2 Å². The lowest BCUT2D eigenvalue weighted by Gasteiger charge is -2.30. The minimum atomic E-state index is -0.973. The summed E-state index contributed by atoms with van der Waals surface area (Å²) in [5.41, 5.74) is 2.63. The molecule has 0 unspecified atom stereocenters. The van der Waals surface area contributed by atoms with Crippen LogP contribution in [0.15, 0.2) is 54.6 Å². The first-order valence-corrected chi connectivity index (χ1v) is 11.7. The second-order valence-electron chi connectivity index (χ2n) is 7.80. The third kappa shape index (κ3) is 4.16. The second kappa shape index (κ2) is 10.1. The van der Waals surface area contributed by atoms with Gasteiger partial charge in [-0.1, -0.05) is 30.3 Å². The van der Waals surface area contributed by atoms with Crippen LogP contribution in [0.2, 0.25) is 0 Å². The van der Waals surface area contributed by atoms with Crippen molar-refractivity contribution >= 4 is 28.5 Å². The third-order valence-electron chi connectivity index (χ3n) is 6.02. The number of benzene rings is 3. The topological polar surface area (TPSA) is 77.5 Å². The van der Waals surface area contributed by atoms with Gasteiger partial charge in [0.25, 0.3) is 5.91 Å². The van der Waals surface area contributed by atoms with Crippen molar-refractivity contribution < 1.29 is 28.8 Å². The fourth-order valence-corrected chi connectivity index (χ4v) is 5.10. The van der Waals surface area contributed by atoms with E-state index in [-0.39, 0.29) is 12.5 Å². The molecule has 1 heterocycles. The predicted octanol–water partition coefficient (Wildman–Crippen LogP) is 4.76. The Morgan fingerprint density at radius 3 is 2.21 bits per heavy atom. The Morgan fingerprint density at radius 2 is 1.62 bits per heavy atom. The molecule has 0 saturated carbocycles. The maximum atomic E-state index is 13.8. The molecule has 4 rings (SSSR count). The number of carbonyl (C=O) groups is 1. The highest BCUT2D eigenvalue weighted by molar-refractivity contribution is 14.1. The summed E-state index contributed by atoms with van der Waals surface area (Å²) in [7, 11) is 6.13. The van der Waals surface area contributed by atoms with Gasteiger partial charge in [0, 0.05) is 10.1 Å². The zero-order valence-corrected chi connectivity index (χ0v) is 21.5. The van der Waals surface area contributed by atoms with E-state index in [9.17, 15) is 9.90 Å². The van der Waals surface area contributed by atoms with E-state index >= 15 is 0 Å². The highest BCUT2D eigenvalue weighted by Crippen LogP contribution is 2.52. The first-order valence-electron chi connectivity index (χ1n) is 10.6. The van der Waals surface area contributed by atoms with Crippen LogP contribution < -0.4 is 18.9 Å². The van der Waals surface area contributed by atoms with Crippen LogP contribution in [0.3, 0.4) is 0 Å². The van der Waals surface area contributed by atoms with Crippen LogP contribution in [-0.2, 0) is 6.54 Å². The van der Waals surface area contributed by atoms with Gasteiger partial charge < -0.3 is 29.0 Å². The number of ether oxygens (including phenoxy) is 4. The summed E-state index contributed by atoms with van der Waals surface area (Å²) in [6.07, 6.45) is -0.973. The molecule has 3 aromatic carbocycles. The molecule has 1 N–H and O–H groups in total. The molecule has 1 aliphatic rings. The van der Waals surface area contributed by atoms with E-state index in [1.807, 2.05) is 48.5 Å². The quantitative estimate of drug-likeness (QED) is 0.391. The molecular formula is C26H26INO6. The molecular weight excluding hydrogens is 549 g/mol. The molecule has 0 bridgehead atoms. The lowest BCUT2D eigenvalue weighted by molar-refractivity contribution is 0.0396. The molecule has 178 valence electrons. The Kier molecular flexibility index (Phi) is 7.18. The zero-order chi connectivity index (χ0) is 24.4. The molecule has 7 nitrogen and oxygen atoms in total. The van der Waals surface area contributed by atoms with Gasteiger partial charge in [0.05, 0.1) is 40.0 Å². The Hall–Kier alpha value is -2.98. The summed E-state index contributed by atoms with van der Waals surface area (Å²) in [6, 6.07) is 16.2. The SMILES string of the molecule is COc1ccc(CN2C(=O)c3c(cc(OC)c(OC)c3OC)[C@@H]2[C@@H](O)c2ccccc2I)cc1. The van der Waals surface area contributed by atoms with Gasteiger partial charge in [-0.25, -0.2) is 0 Å². The van der Waals surface area contributed by atoms with Crippen LogP contribution in [0.25, 0.3) is 0 Å². The van der Waals surface area contributed by atoms with Gasteiger partial charge in [0.1, 0.15) is 11.9 Å². The Balaban J connectivity index is 1.88. The number of rotatable bonds is 8. The largest absolute Gasteiger partial charge is 0.497 e. The van der Waals surface area contributed by atoms with Gasteiger partial charge in [-0.15, -0.1) is 0 Å². The normalized spacial score (nSPS) is 15.6. The number of nitrogens with zero attached hydrogens (tertiary/aromatic N) is 1. The maximum absolute atomic E-state index is 13.8. The summed E-state index contributed by atoms with van der Waals surface area (Å²) in [5, 5.41) is 11.6. The summed E-state index contributed by atoms with van der Waals surface area (Å²) in [6.45, 7) is 0.288. The molecule has 1 aliphatic heterocycles. The van der Waals surface area contributed by atoms with Crippen molar-refractivity contribution in [2.45, 2.75) is 18.7 Å². The van der Waals surface area contributed by atoms with Crippen LogP contribution in [0.5, 0.6) is 23.0 Å². The summed E-state index contributed by atoms with van der Waals surface area (Å²) >= 11 is 2.20. The van der Waals surface area contributed by atoms with Gasteiger partial charge in [-0.2, -0.15) is 0 Å². The molecule has 0 fully saturated rings. The van der Waals surface area contributed by atoms with Crippen molar-refractivity contribution in [1.29, 1.82) is 0 Å². The number of fused-ring (bicyclic) bond motifs is 1. The zero-order valence-electron chi connectivity index (χ0n) is 19.4. The smallest absolute Gasteiger partial charge is 0.259 e. The van der Waals surface area contributed by atoms with E-state index in [4.69, 9.17) is 18.9 Å². The molecule has 0 aliphatic carbocycles. The van der Waals surface area contributed by atoms with Gasteiger partial charge in [0.2, 0.25) is 5.75 Å². The van der Waals surface area contributed by atoms with Crippen LogP contribution >= 0.6 is 22.6 Å². The molecule has 0 saturated heterocycles. The monoisotopic (exact) mass is 575 g/mol. The van der Waals surface area contributed by atoms with Gasteiger partial charge in [-0.3, -0.25) is 4.79 Å². The minimum absolute atomic E-state index is 0.251. The number of carbonyl (C=O) groups excluding carboxylic acids is 1. The standard InChI is InChI=1S/C26H26INO6/c1-31-16-11-9-15(10-12-16)14-28-22(23(29)17-7-5-6-8-19(17)27)18-13-20(32-2)24(33-3)25(34-4)21(18)26(28)30/h5-13,22-23,29H,14H2,1-4H3/t22-,23+/m1/s1. The second-order valence-corrected chi connectivity index (χ2v) is 8.96. The Morgan fingerprint density at radius 1 is 0.941 bits per heavy atom. The van der Waals surface area contributed by atoms with Crippen molar-refractivity contribution in [3.8, 4) is 23.0 Å². The fraction of sp³-hybridized carbons (Fsp3) is 0.269.